The lowest BCUT2D eigenvalue weighted by Gasteiger charge is -2.27. The van der Waals surface area contributed by atoms with Crippen LogP contribution in [0.1, 0.15) is 33.1 Å². The van der Waals surface area contributed by atoms with Crippen LogP contribution in [0.15, 0.2) is 36.5 Å². The Morgan fingerprint density at radius 1 is 1.03 bits per heavy atom. The van der Waals surface area contributed by atoms with Gasteiger partial charge in [-0.15, -0.1) is 11.3 Å². The Morgan fingerprint density at radius 3 is 2.60 bits per heavy atom. The monoisotopic (exact) mass is 424 g/mol. The molecule has 1 amide bonds. The van der Waals surface area contributed by atoms with Crippen molar-refractivity contribution in [1.29, 1.82) is 0 Å². The fourth-order valence-electron chi connectivity index (χ4n) is 3.82. The van der Waals surface area contributed by atoms with E-state index in [9.17, 15) is 4.79 Å². The van der Waals surface area contributed by atoms with Crippen molar-refractivity contribution in [2.24, 2.45) is 0 Å². The molecule has 0 N–H and O–H groups in total. The van der Waals surface area contributed by atoms with Gasteiger partial charge in [0.25, 0.3) is 5.91 Å². The smallest absolute Gasteiger partial charge is 0.253 e. The summed E-state index contributed by atoms with van der Waals surface area (Å²) in [5, 5.41) is 0.957. The van der Waals surface area contributed by atoms with Crippen molar-refractivity contribution >= 4 is 39.0 Å². The number of piperidine rings is 1. The molecule has 2 fully saturated rings. The number of ether oxygens (including phenoxy) is 1. The van der Waals surface area contributed by atoms with E-state index in [1.807, 2.05) is 32.2 Å². The number of hydrogen-bond acceptors (Lipinski definition) is 6. The van der Waals surface area contributed by atoms with Gasteiger partial charge in [-0.25, -0.2) is 9.97 Å². The quantitative estimate of drug-likeness (QED) is 0.608. The SMILES string of the molecule is CC.O=C1COCCN1c1ccc2nc(-c3ccc(N4CCCCC4)nc3)sc2c1. The molecule has 0 radical (unpaired) electrons. The maximum atomic E-state index is 12.1. The predicted octanol–water partition coefficient (Wildman–Crippen LogP) is 4.74. The number of rotatable bonds is 3. The number of fused-ring (bicyclic) bond motifs is 1. The van der Waals surface area contributed by atoms with Crippen molar-refractivity contribution in [2.75, 3.05) is 42.6 Å². The van der Waals surface area contributed by atoms with Crippen LogP contribution in [0.5, 0.6) is 0 Å². The van der Waals surface area contributed by atoms with Gasteiger partial charge in [0, 0.05) is 37.1 Å². The zero-order valence-electron chi connectivity index (χ0n) is 17.6. The van der Waals surface area contributed by atoms with Gasteiger partial charge >= 0.3 is 0 Å². The zero-order chi connectivity index (χ0) is 20.9. The van der Waals surface area contributed by atoms with Crippen LogP contribution >= 0.6 is 11.3 Å². The molecule has 7 heteroatoms. The molecule has 30 heavy (non-hydrogen) atoms. The molecule has 5 rings (SSSR count). The van der Waals surface area contributed by atoms with Crippen LogP contribution in [0.4, 0.5) is 11.5 Å². The van der Waals surface area contributed by atoms with Crippen LogP contribution in [0.25, 0.3) is 20.8 Å². The molecule has 158 valence electrons. The number of hydrogen-bond donors (Lipinski definition) is 0. The number of carbonyl (C=O) groups is 1. The van der Waals surface area contributed by atoms with Crippen LogP contribution in [-0.4, -0.2) is 48.7 Å². The molecular weight excluding hydrogens is 396 g/mol. The normalized spacial score (nSPS) is 17.1. The van der Waals surface area contributed by atoms with E-state index in [0.29, 0.717) is 13.2 Å². The first-order valence-corrected chi connectivity index (χ1v) is 11.6. The molecule has 6 nitrogen and oxygen atoms in total. The van der Waals surface area contributed by atoms with Gasteiger partial charge in [0.05, 0.1) is 16.8 Å². The zero-order valence-corrected chi connectivity index (χ0v) is 18.5. The fraction of sp³-hybridized carbons (Fsp3) is 0.435. The summed E-state index contributed by atoms with van der Waals surface area (Å²) in [4.78, 5) is 25.7. The number of benzene rings is 1. The van der Waals surface area contributed by atoms with Gasteiger partial charge in [-0.3, -0.25) is 4.79 Å². The van der Waals surface area contributed by atoms with Gasteiger partial charge < -0.3 is 14.5 Å². The Hall–Kier alpha value is -2.51. The first-order chi connectivity index (χ1) is 14.8. The second-order valence-corrected chi connectivity index (χ2v) is 8.25. The highest BCUT2D eigenvalue weighted by Gasteiger charge is 2.21. The highest BCUT2D eigenvalue weighted by Crippen LogP contribution is 2.33. The third-order valence-corrected chi connectivity index (χ3v) is 6.41. The van der Waals surface area contributed by atoms with Crippen LogP contribution in [0.3, 0.4) is 0 Å². The van der Waals surface area contributed by atoms with E-state index in [1.165, 1.54) is 19.3 Å². The van der Waals surface area contributed by atoms with Crippen LogP contribution in [0.2, 0.25) is 0 Å². The summed E-state index contributed by atoms with van der Waals surface area (Å²) in [5.74, 6) is 1.06. The molecule has 3 aromatic rings. The average molecular weight is 425 g/mol. The third kappa shape index (κ3) is 4.32. The maximum Gasteiger partial charge on any atom is 0.253 e. The third-order valence-electron chi connectivity index (χ3n) is 5.34. The summed E-state index contributed by atoms with van der Waals surface area (Å²) in [5.41, 5.74) is 2.89. The molecule has 0 spiro atoms. The molecular formula is C23H28N4O2S. The Kier molecular flexibility index (Phi) is 6.59. The average Bonchev–Trinajstić information content (AvgIpc) is 3.25. The van der Waals surface area contributed by atoms with Crippen LogP contribution in [-0.2, 0) is 9.53 Å². The molecule has 2 saturated heterocycles. The number of nitrogens with zero attached hydrogens (tertiary/aromatic N) is 4. The number of amides is 1. The van der Waals surface area contributed by atoms with Gasteiger partial charge in [0.2, 0.25) is 0 Å². The molecule has 0 atom stereocenters. The Bertz CT molecular complexity index is 996. The summed E-state index contributed by atoms with van der Waals surface area (Å²) >= 11 is 1.64. The van der Waals surface area contributed by atoms with Crippen molar-refractivity contribution in [3.05, 3.63) is 36.5 Å². The topological polar surface area (TPSA) is 58.6 Å². The van der Waals surface area contributed by atoms with E-state index in [-0.39, 0.29) is 12.5 Å². The van der Waals surface area contributed by atoms with Crippen molar-refractivity contribution in [3.8, 4) is 10.6 Å². The summed E-state index contributed by atoms with van der Waals surface area (Å²) in [6.45, 7) is 7.51. The second kappa shape index (κ2) is 9.53. The van der Waals surface area contributed by atoms with E-state index in [1.54, 1.807) is 16.2 Å². The molecule has 2 aliphatic heterocycles. The fourth-order valence-corrected chi connectivity index (χ4v) is 4.81. The van der Waals surface area contributed by atoms with E-state index < -0.39 is 0 Å². The minimum absolute atomic E-state index is 0.00726. The molecule has 0 bridgehead atoms. The lowest BCUT2D eigenvalue weighted by atomic mass is 10.1. The summed E-state index contributed by atoms with van der Waals surface area (Å²) in [7, 11) is 0. The number of aromatic nitrogens is 2. The van der Waals surface area contributed by atoms with Gasteiger partial charge in [-0.05, 0) is 49.6 Å². The molecule has 1 aromatic carbocycles. The summed E-state index contributed by atoms with van der Waals surface area (Å²) in [6.07, 6.45) is 5.73. The molecule has 0 unspecified atom stereocenters. The highest BCUT2D eigenvalue weighted by molar-refractivity contribution is 7.21. The minimum Gasteiger partial charge on any atom is -0.370 e. The summed E-state index contributed by atoms with van der Waals surface area (Å²) < 4.78 is 6.30. The van der Waals surface area contributed by atoms with Crippen molar-refractivity contribution in [3.63, 3.8) is 0 Å². The van der Waals surface area contributed by atoms with Crippen molar-refractivity contribution in [2.45, 2.75) is 33.1 Å². The lowest BCUT2D eigenvalue weighted by Crippen LogP contribution is -2.41. The lowest BCUT2D eigenvalue weighted by molar-refractivity contribution is -0.125. The number of pyridine rings is 1. The highest BCUT2D eigenvalue weighted by atomic mass is 32.1. The Morgan fingerprint density at radius 2 is 1.87 bits per heavy atom. The Balaban J connectivity index is 0.00000106. The number of morpholine rings is 1. The molecule has 0 saturated carbocycles. The van der Waals surface area contributed by atoms with Crippen molar-refractivity contribution < 1.29 is 9.53 Å². The minimum atomic E-state index is 0.00726. The largest absolute Gasteiger partial charge is 0.370 e. The van der Waals surface area contributed by atoms with Gasteiger partial charge in [0.1, 0.15) is 17.4 Å². The first-order valence-electron chi connectivity index (χ1n) is 10.8. The first kappa shape index (κ1) is 20.8. The molecule has 2 aromatic heterocycles. The van der Waals surface area contributed by atoms with Gasteiger partial charge in [-0.1, -0.05) is 13.8 Å². The Labute approximate surface area is 181 Å². The predicted molar refractivity (Wildman–Crippen MR) is 123 cm³/mol. The standard InChI is InChI=1S/C21H22N4O2S.C2H6/c26-20-14-27-11-10-25(20)16-5-6-17-18(12-16)28-21(23-17)15-4-7-19(22-13-15)24-8-2-1-3-9-24;1-2/h4-7,12-13H,1-3,8-11,14H2;1-2H3. The molecule has 4 heterocycles. The van der Waals surface area contributed by atoms with Crippen LogP contribution in [0, 0.1) is 0 Å². The number of anilines is 2. The van der Waals surface area contributed by atoms with E-state index >= 15 is 0 Å². The molecule has 0 aliphatic carbocycles. The number of thiazole rings is 1. The van der Waals surface area contributed by atoms with Gasteiger partial charge in [0.15, 0.2) is 0 Å². The number of carbonyl (C=O) groups excluding carboxylic acids is 1. The maximum absolute atomic E-state index is 12.1. The summed E-state index contributed by atoms with van der Waals surface area (Å²) in [6, 6.07) is 10.2. The van der Waals surface area contributed by atoms with Crippen molar-refractivity contribution in [1.82, 2.24) is 9.97 Å². The second-order valence-electron chi connectivity index (χ2n) is 7.22. The van der Waals surface area contributed by atoms with Crippen LogP contribution < -0.4 is 9.80 Å². The van der Waals surface area contributed by atoms with E-state index in [2.05, 4.69) is 28.1 Å². The van der Waals surface area contributed by atoms with E-state index in [4.69, 9.17) is 9.72 Å². The van der Waals surface area contributed by atoms with E-state index in [0.717, 1.165) is 45.4 Å². The van der Waals surface area contributed by atoms with Gasteiger partial charge in [-0.2, -0.15) is 0 Å². The molecule has 2 aliphatic rings.